The highest BCUT2D eigenvalue weighted by atomic mass is 32.3. The molecule has 0 bridgehead atoms. The van der Waals surface area contributed by atoms with Crippen molar-refractivity contribution in [3.8, 4) is 0 Å². The highest BCUT2D eigenvalue weighted by Crippen LogP contribution is 2.35. The van der Waals surface area contributed by atoms with Crippen LogP contribution in [0.25, 0.3) is 0 Å². The lowest BCUT2D eigenvalue weighted by atomic mass is 9.79. The molecule has 2 aliphatic carbocycles. The zero-order valence-electron chi connectivity index (χ0n) is 18.5. The number of aliphatic hydroxyl groups excluding tert-OH is 3. The van der Waals surface area contributed by atoms with Gasteiger partial charge in [-0.2, -0.15) is 8.42 Å². The fourth-order valence-electron chi connectivity index (χ4n) is 4.59. The van der Waals surface area contributed by atoms with E-state index in [9.17, 15) is 28.5 Å². The monoisotopic (exact) mass is 485 g/mol. The highest BCUT2D eigenvalue weighted by molar-refractivity contribution is 7.80. The first-order chi connectivity index (χ1) is 15.0. The predicted octanol–water partition coefficient (Wildman–Crippen LogP) is -1.37. The third-order valence-corrected chi connectivity index (χ3v) is 6.57. The third kappa shape index (κ3) is 7.30. The molecular weight excluding hydrogens is 450 g/mol. The minimum atomic E-state index is -4.69. The Hall–Kier alpha value is -0.900. The lowest BCUT2D eigenvalue weighted by Gasteiger charge is -2.46. The van der Waals surface area contributed by atoms with Crippen LogP contribution in [-0.4, -0.2) is 104 Å². The molecule has 0 aliphatic heterocycles. The molecule has 9 unspecified atom stereocenters. The molecule has 12 nitrogen and oxygen atoms in total. The van der Waals surface area contributed by atoms with Crippen molar-refractivity contribution in [3.63, 3.8) is 0 Å². The molecule has 2 rings (SSSR count). The first kappa shape index (κ1) is 27.3. The summed E-state index contributed by atoms with van der Waals surface area (Å²) in [6, 6.07) is -0.438. The van der Waals surface area contributed by atoms with Gasteiger partial charge < -0.3 is 34.8 Å². The van der Waals surface area contributed by atoms with Gasteiger partial charge in [0.1, 0.15) is 12.2 Å². The Labute approximate surface area is 188 Å². The molecule has 0 radical (unpaired) electrons. The summed E-state index contributed by atoms with van der Waals surface area (Å²) < 4.78 is 52.9. The summed E-state index contributed by atoms with van der Waals surface area (Å²) in [5.74, 6) is -1.42. The van der Waals surface area contributed by atoms with E-state index in [0.717, 1.165) is 0 Å². The number of ether oxygens (including phenoxy) is 3. The molecule has 0 aromatic rings. The van der Waals surface area contributed by atoms with Crippen LogP contribution in [0.4, 0.5) is 0 Å². The second-order valence-corrected chi connectivity index (χ2v) is 9.41. The van der Waals surface area contributed by atoms with Crippen molar-refractivity contribution in [3.05, 3.63) is 0 Å². The summed E-state index contributed by atoms with van der Waals surface area (Å²) in [6.45, 7) is 2.58. The van der Waals surface area contributed by atoms with Gasteiger partial charge in [0.15, 0.2) is 0 Å². The third-order valence-electron chi connectivity index (χ3n) is 6.13. The Balaban J connectivity index is 2.23. The van der Waals surface area contributed by atoms with Crippen molar-refractivity contribution in [1.29, 1.82) is 0 Å². The number of aliphatic hydroxyl groups is 3. The molecule has 2 saturated carbocycles. The normalized spacial score (nSPS) is 38.4. The van der Waals surface area contributed by atoms with E-state index < -0.39 is 64.9 Å². The van der Waals surface area contributed by atoms with Crippen molar-refractivity contribution in [2.45, 2.75) is 75.8 Å². The maximum absolute atomic E-state index is 11.6. The van der Waals surface area contributed by atoms with Crippen LogP contribution < -0.4 is 5.32 Å². The van der Waals surface area contributed by atoms with E-state index in [-0.39, 0.29) is 45.0 Å². The van der Waals surface area contributed by atoms with Gasteiger partial charge in [0.2, 0.25) is 5.91 Å². The van der Waals surface area contributed by atoms with Gasteiger partial charge in [-0.1, -0.05) is 0 Å². The van der Waals surface area contributed by atoms with Gasteiger partial charge >= 0.3 is 10.4 Å². The number of carbonyl (C=O) groups excluding carboxylic acids is 1. The van der Waals surface area contributed by atoms with E-state index >= 15 is 0 Å². The van der Waals surface area contributed by atoms with Gasteiger partial charge in [0.25, 0.3) is 0 Å². The number of hydrogen-bond acceptors (Lipinski definition) is 10. The van der Waals surface area contributed by atoms with Crippen LogP contribution in [0.3, 0.4) is 0 Å². The summed E-state index contributed by atoms with van der Waals surface area (Å²) in [5.41, 5.74) is 0. The first-order valence-electron chi connectivity index (χ1n) is 10.7. The Kier molecular flexibility index (Phi) is 10.2. The van der Waals surface area contributed by atoms with E-state index in [1.165, 1.54) is 14.0 Å². The van der Waals surface area contributed by atoms with Crippen LogP contribution in [0.2, 0.25) is 0 Å². The smallest absolute Gasteiger partial charge is 0.396 e. The quantitative estimate of drug-likeness (QED) is 0.230. The minimum Gasteiger partial charge on any atom is -0.396 e. The van der Waals surface area contributed by atoms with Crippen molar-refractivity contribution in [2.75, 3.05) is 26.9 Å². The van der Waals surface area contributed by atoms with Crippen LogP contribution in [-0.2, 0) is 33.6 Å². The Morgan fingerprint density at radius 3 is 2.25 bits per heavy atom. The standard InChI is InChI=1S/C19H35NO11S/c1-4-29-19-17(23)11(8-21)5-16(18(19)24)31-14-7-13(20-10(2)22)15(28-3)6-12(14)9-30-32(25,26)27/h11-19,21,23-24H,4-9H2,1-3H3,(H,20,22)(H,25,26,27). The van der Waals surface area contributed by atoms with Crippen LogP contribution in [0.15, 0.2) is 0 Å². The lowest BCUT2D eigenvalue weighted by molar-refractivity contribution is -0.216. The summed E-state index contributed by atoms with van der Waals surface area (Å²) in [6.07, 6.45) is -4.58. The predicted molar refractivity (Wildman–Crippen MR) is 110 cm³/mol. The number of rotatable bonds is 10. The van der Waals surface area contributed by atoms with Crippen molar-refractivity contribution >= 4 is 16.3 Å². The average Bonchev–Trinajstić information content (AvgIpc) is 2.71. The molecule has 0 heterocycles. The van der Waals surface area contributed by atoms with E-state index in [0.29, 0.717) is 0 Å². The van der Waals surface area contributed by atoms with Crippen molar-refractivity contribution in [2.24, 2.45) is 11.8 Å². The number of hydrogen-bond donors (Lipinski definition) is 5. The number of amides is 1. The maximum Gasteiger partial charge on any atom is 0.397 e. The van der Waals surface area contributed by atoms with Gasteiger partial charge in [-0.05, 0) is 26.2 Å². The molecule has 2 fully saturated rings. The lowest BCUT2D eigenvalue weighted by Crippen LogP contribution is -2.59. The number of methoxy groups -OCH3 is 1. The molecule has 0 aromatic carbocycles. The first-order valence-corrected chi connectivity index (χ1v) is 12.0. The number of nitrogens with one attached hydrogen (secondary N) is 1. The van der Waals surface area contributed by atoms with Crippen LogP contribution >= 0.6 is 0 Å². The second kappa shape index (κ2) is 12.0. The topological polar surface area (TPSA) is 181 Å². The molecule has 32 heavy (non-hydrogen) atoms. The van der Waals surface area contributed by atoms with E-state index in [1.807, 2.05) is 0 Å². The Bertz CT molecular complexity index is 705. The second-order valence-electron chi connectivity index (χ2n) is 8.32. The van der Waals surface area contributed by atoms with E-state index in [2.05, 4.69) is 9.50 Å². The minimum absolute atomic E-state index is 0.142. The SMILES string of the molecule is CCOC1C(O)C(CO)CC(OC2CC(NC(C)=O)C(OC)CC2COS(=O)(=O)O)C1O. The molecular formula is C19H35NO11S. The summed E-state index contributed by atoms with van der Waals surface area (Å²) in [7, 11) is -3.22. The van der Waals surface area contributed by atoms with Crippen LogP contribution in [0.5, 0.6) is 0 Å². The molecule has 0 spiro atoms. The van der Waals surface area contributed by atoms with Crippen LogP contribution in [0.1, 0.15) is 33.1 Å². The van der Waals surface area contributed by atoms with Gasteiger partial charge in [0, 0.05) is 39.1 Å². The fourth-order valence-corrected chi connectivity index (χ4v) is 4.94. The maximum atomic E-state index is 11.6. The van der Waals surface area contributed by atoms with Crippen LogP contribution in [0, 0.1) is 11.8 Å². The zero-order valence-corrected chi connectivity index (χ0v) is 19.3. The highest BCUT2D eigenvalue weighted by Gasteiger charge is 2.47. The largest absolute Gasteiger partial charge is 0.397 e. The molecule has 188 valence electrons. The zero-order chi connectivity index (χ0) is 24.1. The summed E-state index contributed by atoms with van der Waals surface area (Å²) in [4.78, 5) is 11.6. The van der Waals surface area contributed by atoms with E-state index in [1.54, 1.807) is 6.92 Å². The molecule has 2 aliphatic rings. The molecule has 9 atom stereocenters. The molecule has 1 amide bonds. The van der Waals surface area contributed by atoms with Crippen molar-refractivity contribution in [1.82, 2.24) is 5.32 Å². The molecule has 5 N–H and O–H groups in total. The molecule has 13 heteroatoms. The van der Waals surface area contributed by atoms with Gasteiger partial charge in [-0.3, -0.25) is 9.35 Å². The summed E-state index contributed by atoms with van der Waals surface area (Å²) in [5, 5.41) is 33.6. The molecule has 0 aromatic heterocycles. The fraction of sp³-hybridized carbons (Fsp3) is 0.947. The number of carbonyl (C=O) groups is 1. The summed E-state index contributed by atoms with van der Waals surface area (Å²) >= 11 is 0. The Morgan fingerprint density at radius 2 is 1.72 bits per heavy atom. The van der Waals surface area contributed by atoms with Gasteiger partial charge in [0.05, 0.1) is 37.1 Å². The van der Waals surface area contributed by atoms with E-state index in [4.69, 9.17) is 18.8 Å². The molecule has 0 saturated heterocycles. The Morgan fingerprint density at radius 1 is 1.06 bits per heavy atom. The van der Waals surface area contributed by atoms with Crippen molar-refractivity contribution < 1.29 is 51.5 Å². The van der Waals surface area contributed by atoms with Gasteiger partial charge in [-0.25, -0.2) is 4.18 Å². The average molecular weight is 486 g/mol. The van der Waals surface area contributed by atoms with Gasteiger partial charge in [-0.15, -0.1) is 0 Å².